The summed E-state index contributed by atoms with van der Waals surface area (Å²) >= 11 is 0. The SMILES string of the molecule is CC(C)(C)N1CCCC2(CNC(=O)C2)C1. The highest BCUT2D eigenvalue weighted by Gasteiger charge is 2.43. The molecule has 0 aromatic rings. The second-order valence-electron chi connectivity index (χ2n) is 6.15. The van der Waals surface area contributed by atoms with Crippen molar-refractivity contribution in [2.45, 2.75) is 45.6 Å². The molecule has 0 aromatic carbocycles. The highest BCUT2D eigenvalue weighted by molar-refractivity contribution is 5.79. The fraction of sp³-hybridized carbons (Fsp3) is 0.917. The van der Waals surface area contributed by atoms with Crippen molar-refractivity contribution in [1.29, 1.82) is 0 Å². The Morgan fingerprint density at radius 1 is 1.40 bits per heavy atom. The van der Waals surface area contributed by atoms with Crippen LogP contribution < -0.4 is 5.32 Å². The van der Waals surface area contributed by atoms with Gasteiger partial charge in [0, 0.05) is 30.5 Å². The van der Waals surface area contributed by atoms with Crippen molar-refractivity contribution < 1.29 is 4.79 Å². The van der Waals surface area contributed by atoms with Gasteiger partial charge in [-0.1, -0.05) is 0 Å². The summed E-state index contributed by atoms with van der Waals surface area (Å²) in [6.45, 7) is 9.93. The first-order valence-electron chi connectivity index (χ1n) is 5.93. The Labute approximate surface area is 92.2 Å². The molecule has 0 radical (unpaired) electrons. The fourth-order valence-corrected chi connectivity index (χ4v) is 2.82. The third-order valence-corrected chi connectivity index (χ3v) is 3.81. The topological polar surface area (TPSA) is 32.3 Å². The first kappa shape index (κ1) is 10.9. The molecule has 1 amide bonds. The molecule has 0 saturated carbocycles. The number of nitrogens with zero attached hydrogens (tertiary/aromatic N) is 1. The summed E-state index contributed by atoms with van der Waals surface area (Å²) in [7, 11) is 0. The second-order valence-corrected chi connectivity index (χ2v) is 6.15. The van der Waals surface area contributed by atoms with E-state index in [9.17, 15) is 4.79 Å². The molecule has 2 rings (SSSR count). The van der Waals surface area contributed by atoms with Gasteiger partial charge in [0.25, 0.3) is 0 Å². The Kier molecular flexibility index (Phi) is 2.53. The van der Waals surface area contributed by atoms with Gasteiger partial charge in [0.1, 0.15) is 0 Å². The number of carbonyl (C=O) groups is 1. The quantitative estimate of drug-likeness (QED) is 0.655. The Bertz CT molecular complexity index is 269. The van der Waals surface area contributed by atoms with Gasteiger partial charge in [-0.15, -0.1) is 0 Å². The molecule has 2 aliphatic heterocycles. The lowest BCUT2D eigenvalue weighted by Crippen LogP contribution is -2.52. The molecule has 2 saturated heterocycles. The van der Waals surface area contributed by atoms with Gasteiger partial charge >= 0.3 is 0 Å². The second kappa shape index (κ2) is 3.48. The van der Waals surface area contributed by atoms with Gasteiger partial charge < -0.3 is 5.32 Å². The number of hydrogen-bond donors (Lipinski definition) is 1. The molecule has 3 heteroatoms. The minimum Gasteiger partial charge on any atom is -0.355 e. The highest BCUT2D eigenvalue weighted by Crippen LogP contribution is 2.38. The molecule has 2 fully saturated rings. The van der Waals surface area contributed by atoms with Crippen molar-refractivity contribution in [3.8, 4) is 0 Å². The van der Waals surface area contributed by atoms with Gasteiger partial charge in [-0.2, -0.15) is 0 Å². The number of amides is 1. The normalized spacial score (nSPS) is 33.4. The van der Waals surface area contributed by atoms with Gasteiger partial charge in [0.15, 0.2) is 0 Å². The molecule has 0 bridgehead atoms. The Balaban J connectivity index is 2.07. The van der Waals surface area contributed by atoms with Crippen molar-refractivity contribution in [3.63, 3.8) is 0 Å². The maximum atomic E-state index is 11.3. The average molecular weight is 210 g/mol. The standard InChI is InChI=1S/C12H22N2O/c1-11(2,3)14-6-4-5-12(9-14)7-10(15)13-8-12/h4-9H2,1-3H3,(H,13,15). The van der Waals surface area contributed by atoms with Crippen molar-refractivity contribution >= 4 is 5.91 Å². The van der Waals surface area contributed by atoms with E-state index in [1.165, 1.54) is 19.4 Å². The molecule has 1 spiro atoms. The van der Waals surface area contributed by atoms with E-state index in [1.807, 2.05) is 0 Å². The summed E-state index contributed by atoms with van der Waals surface area (Å²) in [5.74, 6) is 0.241. The van der Waals surface area contributed by atoms with Crippen LogP contribution in [0.3, 0.4) is 0 Å². The molecule has 3 nitrogen and oxygen atoms in total. The van der Waals surface area contributed by atoms with Crippen LogP contribution in [-0.4, -0.2) is 36.0 Å². The zero-order chi connectivity index (χ0) is 11.1. The third kappa shape index (κ3) is 2.17. The predicted octanol–water partition coefficient (Wildman–Crippen LogP) is 1.39. The van der Waals surface area contributed by atoms with E-state index in [2.05, 4.69) is 31.0 Å². The molecular formula is C12H22N2O. The highest BCUT2D eigenvalue weighted by atomic mass is 16.1. The van der Waals surface area contributed by atoms with Gasteiger partial charge in [0.2, 0.25) is 5.91 Å². The van der Waals surface area contributed by atoms with Gasteiger partial charge in [-0.3, -0.25) is 9.69 Å². The minimum absolute atomic E-state index is 0.235. The van der Waals surface area contributed by atoms with Crippen molar-refractivity contribution in [3.05, 3.63) is 0 Å². The van der Waals surface area contributed by atoms with Crippen LogP contribution >= 0.6 is 0 Å². The maximum Gasteiger partial charge on any atom is 0.220 e. The lowest BCUT2D eigenvalue weighted by molar-refractivity contribution is -0.120. The summed E-state index contributed by atoms with van der Waals surface area (Å²) < 4.78 is 0. The van der Waals surface area contributed by atoms with Crippen LogP contribution in [0.2, 0.25) is 0 Å². The van der Waals surface area contributed by atoms with Crippen LogP contribution in [0, 0.1) is 5.41 Å². The first-order valence-corrected chi connectivity index (χ1v) is 5.93. The van der Waals surface area contributed by atoms with E-state index < -0.39 is 0 Å². The molecule has 86 valence electrons. The molecule has 2 heterocycles. The lowest BCUT2D eigenvalue weighted by atomic mass is 9.78. The van der Waals surface area contributed by atoms with E-state index in [1.54, 1.807) is 0 Å². The third-order valence-electron chi connectivity index (χ3n) is 3.81. The largest absolute Gasteiger partial charge is 0.355 e. The van der Waals surface area contributed by atoms with Crippen LogP contribution in [-0.2, 0) is 4.79 Å². The van der Waals surface area contributed by atoms with Gasteiger partial charge in [-0.05, 0) is 40.2 Å². The number of nitrogens with one attached hydrogen (secondary N) is 1. The fourth-order valence-electron chi connectivity index (χ4n) is 2.82. The zero-order valence-corrected chi connectivity index (χ0v) is 10.1. The minimum atomic E-state index is 0.235. The molecule has 1 N–H and O–H groups in total. The van der Waals surface area contributed by atoms with E-state index in [0.29, 0.717) is 0 Å². The molecule has 2 aliphatic rings. The van der Waals surface area contributed by atoms with E-state index in [-0.39, 0.29) is 16.9 Å². The molecule has 1 atom stereocenters. The zero-order valence-electron chi connectivity index (χ0n) is 10.1. The number of hydrogen-bond acceptors (Lipinski definition) is 2. The van der Waals surface area contributed by atoms with Gasteiger partial charge in [0.05, 0.1) is 0 Å². The lowest BCUT2D eigenvalue weighted by Gasteiger charge is -2.45. The van der Waals surface area contributed by atoms with Crippen LogP contribution in [0.25, 0.3) is 0 Å². The van der Waals surface area contributed by atoms with Crippen LogP contribution in [0.1, 0.15) is 40.0 Å². The summed E-state index contributed by atoms with van der Waals surface area (Å²) in [6.07, 6.45) is 3.17. The van der Waals surface area contributed by atoms with Gasteiger partial charge in [-0.25, -0.2) is 0 Å². The molecule has 15 heavy (non-hydrogen) atoms. The predicted molar refractivity (Wildman–Crippen MR) is 60.6 cm³/mol. The molecule has 0 aromatic heterocycles. The Hall–Kier alpha value is -0.570. The van der Waals surface area contributed by atoms with Crippen molar-refractivity contribution in [2.24, 2.45) is 5.41 Å². The summed E-state index contributed by atoms with van der Waals surface area (Å²) in [4.78, 5) is 13.9. The number of piperidine rings is 1. The van der Waals surface area contributed by atoms with Crippen molar-refractivity contribution in [1.82, 2.24) is 10.2 Å². The summed E-state index contributed by atoms with van der Waals surface area (Å²) in [6, 6.07) is 0. The summed E-state index contributed by atoms with van der Waals surface area (Å²) in [5.41, 5.74) is 0.474. The van der Waals surface area contributed by atoms with E-state index >= 15 is 0 Å². The first-order chi connectivity index (χ1) is 6.91. The van der Waals surface area contributed by atoms with Crippen LogP contribution in [0.15, 0.2) is 0 Å². The van der Waals surface area contributed by atoms with Crippen LogP contribution in [0.5, 0.6) is 0 Å². The number of carbonyl (C=O) groups excluding carboxylic acids is 1. The Morgan fingerprint density at radius 2 is 2.13 bits per heavy atom. The smallest absolute Gasteiger partial charge is 0.220 e. The number of likely N-dealkylation sites (tertiary alicyclic amines) is 1. The Morgan fingerprint density at radius 3 is 2.67 bits per heavy atom. The maximum absolute atomic E-state index is 11.3. The molecular weight excluding hydrogens is 188 g/mol. The summed E-state index contributed by atoms with van der Waals surface area (Å²) in [5, 5.41) is 2.99. The van der Waals surface area contributed by atoms with Crippen LogP contribution in [0.4, 0.5) is 0 Å². The molecule has 1 unspecified atom stereocenters. The number of rotatable bonds is 0. The molecule has 0 aliphatic carbocycles. The van der Waals surface area contributed by atoms with Crippen molar-refractivity contribution in [2.75, 3.05) is 19.6 Å². The van der Waals surface area contributed by atoms with E-state index in [0.717, 1.165) is 19.5 Å². The monoisotopic (exact) mass is 210 g/mol. The average Bonchev–Trinajstić information content (AvgIpc) is 2.46. The van der Waals surface area contributed by atoms with E-state index in [4.69, 9.17) is 0 Å².